The van der Waals surface area contributed by atoms with Crippen molar-refractivity contribution < 1.29 is 9.13 Å². The zero-order valence-corrected chi connectivity index (χ0v) is 13.8. The third kappa shape index (κ3) is 3.27. The van der Waals surface area contributed by atoms with Gasteiger partial charge in [-0.3, -0.25) is 0 Å². The van der Waals surface area contributed by atoms with E-state index in [1.807, 2.05) is 31.2 Å². The van der Waals surface area contributed by atoms with Gasteiger partial charge in [0.1, 0.15) is 11.6 Å². The van der Waals surface area contributed by atoms with Gasteiger partial charge in [0.25, 0.3) is 0 Å². The van der Waals surface area contributed by atoms with Crippen LogP contribution in [0, 0.1) is 5.82 Å². The molecule has 5 heteroatoms. The minimum atomic E-state index is -0.664. The Morgan fingerprint density at radius 2 is 1.95 bits per heavy atom. The second kappa shape index (κ2) is 6.79. The number of benzene rings is 2. The summed E-state index contributed by atoms with van der Waals surface area (Å²) < 4.78 is 20.1. The standard InChI is InChI=1S/C15H12BrCl2FO/c1-2-20-14-6-4-3-5-9(14)15(18)10-7-12(17)11(16)8-13(10)19/h3-8,15H,2H2,1H3. The Morgan fingerprint density at radius 3 is 2.65 bits per heavy atom. The molecule has 0 aliphatic rings. The van der Waals surface area contributed by atoms with E-state index in [1.165, 1.54) is 12.1 Å². The van der Waals surface area contributed by atoms with Crippen LogP contribution in [0.15, 0.2) is 40.9 Å². The minimum Gasteiger partial charge on any atom is -0.494 e. The Balaban J connectivity index is 2.46. The average Bonchev–Trinajstić information content (AvgIpc) is 2.43. The lowest BCUT2D eigenvalue weighted by Crippen LogP contribution is -2.02. The van der Waals surface area contributed by atoms with Crippen molar-refractivity contribution in [1.29, 1.82) is 0 Å². The van der Waals surface area contributed by atoms with Gasteiger partial charge in [0.15, 0.2) is 0 Å². The van der Waals surface area contributed by atoms with Crippen LogP contribution < -0.4 is 4.74 Å². The molecule has 2 aromatic carbocycles. The molecule has 0 saturated heterocycles. The van der Waals surface area contributed by atoms with Crippen LogP contribution in [0.2, 0.25) is 5.02 Å². The molecule has 0 saturated carbocycles. The van der Waals surface area contributed by atoms with E-state index in [4.69, 9.17) is 27.9 Å². The number of ether oxygens (including phenoxy) is 1. The molecule has 0 aliphatic carbocycles. The second-order valence-electron chi connectivity index (χ2n) is 4.12. The van der Waals surface area contributed by atoms with Crippen molar-refractivity contribution in [1.82, 2.24) is 0 Å². The molecular weight excluding hydrogens is 366 g/mol. The summed E-state index contributed by atoms with van der Waals surface area (Å²) in [6, 6.07) is 10.2. The predicted molar refractivity (Wildman–Crippen MR) is 84.4 cm³/mol. The first-order valence-electron chi connectivity index (χ1n) is 6.04. The largest absolute Gasteiger partial charge is 0.494 e. The highest BCUT2D eigenvalue weighted by atomic mass is 79.9. The number of hydrogen-bond donors (Lipinski definition) is 0. The van der Waals surface area contributed by atoms with Gasteiger partial charge >= 0.3 is 0 Å². The second-order valence-corrected chi connectivity index (χ2v) is 5.82. The van der Waals surface area contributed by atoms with E-state index in [1.54, 1.807) is 0 Å². The molecular formula is C15H12BrCl2FO. The molecule has 0 aliphatic heterocycles. The molecule has 0 amide bonds. The van der Waals surface area contributed by atoms with Crippen molar-refractivity contribution in [2.75, 3.05) is 6.61 Å². The molecule has 2 aromatic rings. The Hall–Kier alpha value is -0.770. The predicted octanol–water partition coefficient (Wildman–Crippen LogP) is 5.97. The summed E-state index contributed by atoms with van der Waals surface area (Å²) in [6.45, 7) is 2.40. The average molecular weight is 378 g/mol. The molecule has 1 unspecified atom stereocenters. The third-order valence-electron chi connectivity index (χ3n) is 2.80. The van der Waals surface area contributed by atoms with Crippen LogP contribution in [-0.2, 0) is 0 Å². The van der Waals surface area contributed by atoms with E-state index in [-0.39, 0.29) is 0 Å². The zero-order chi connectivity index (χ0) is 14.7. The van der Waals surface area contributed by atoms with E-state index in [9.17, 15) is 4.39 Å². The molecule has 106 valence electrons. The fraction of sp³-hybridized carbons (Fsp3) is 0.200. The highest BCUT2D eigenvalue weighted by Gasteiger charge is 2.20. The lowest BCUT2D eigenvalue weighted by Gasteiger charge is -2.16. The molecule has 20 heavy (non-hydrogen) atoms. The SMILES string of the molecule is CCOc1ccccc1C(Cl)c1cc(Cl)c(Br)cc1F. The van der Waals surface area contributed by atoms with Gasteiger partial charge in [0, 0.05) is 15.6 Å². The van der Waals surface area contributed by atoms with E-state index < -0.39 is 11.2 Å². The first kappa shape index (κ1) is 15.6. The molecule has 0 spiro atoms. The number of halogens is 4. The Kier molecular flexibility index (Phi) is 5.30. The van der Waals surface area contributed by atoms with Gasteiger partial charge < -0.3 is 4.74 Å². The van der Waals surface area contributed by atoms with Gasteiger partial charge in [-0.15, -0.1) is 11.6 Å². The van der Waals surface area contributed by atoms with Gasteiger partial charge in [-0.2, -0.15) is 0 Å². The summed E-state index contributed by atoms with van der Waals surface area (Å²) in [6.07, 6.45) is 0. The van der Waals surface area contributed by atoms with Gasteiger partial charge in [-0.05, 0) is 41.1 Å². The van der Waals surface area contributed by atoms with Crippen molar-refractivity contribution in [3.05, 3.63) is 62.8 Å². The van der Waals surface area contributed by atoms with Crippen LogP contribution in [0.1, 0.15) is 23.4 Å². The lowest BCUT2D eigenvalue weighted by atomic mass is 10.0. The highest BCUT2D eigenvalue weighted by molar-refractivity contribution is 9.10. The van der Waals surface area contributed by atoms with Crippen molar-refractivity contribution in [3.8, 4) is 5.75 Å². The number of para-hydroxylation sites is 1. The Morgan fingerprint density at radius 1 is 1.25 bits per heavy atom. The van der Waals surface area contributed by atoms with E-state index in [2.05, 4.69) is 15.9 Å². The van der Waals surface area contributed by atoms with Crippen LogP contribution in [-0.4, -0.2) is 6.61 Å². The molecule has 1 atom stereocenters. The van der Waals surface area contributed by atoms with E-state index >= 15 is 0 Å². The van der Waals surface area contributed by atoms with Crippen molar-refractivity contribution >= 4 is 39.1 Å². The fourth-order valence-electron chi connectivity index (χ4n) is 1.88. The minimum absolute atomic E-state index is 0.326. The first-order valence-corrected chi connectivity index (χ1v) is 7.65. The van der Waals surface area contributed by atoms with Crippen LogP contribution in [0.3, 0.4) is 0 Å². The van der Waals surface area contributed by atoms with E-state index in [0.717, 1.165) is 0 Å². The van der Waals surface area contributed by atoms with Crippen LogP contribution in [0.5, 0.6) is 5.75 Å². The maximum absolute atomic E-state index is 14.1. The Labute approximate surface area is 135 Å². The summed E-state index contributed by atoms with van der Waals surface area (Å²) >= 11 is 15.6. The summed E-state index contributed by atoms with van der Waals surface area (Å²) in [5, 5.41) is -0.246. The lowest BCUT2D eigenvalue weighted by molar-refractivity contribution is 0.336. The maximum Gasteiger partial charge on any atom is 0.129 e. The van der Waals surface area contributed by atoms with Crippen LogP contribution in [0.4, 0.5) is 4.39 Å². The normalized spacial score (nSPS) is 12.2. The van der Waals surface area contributed by atoms with Crippen molar-refractivity contribution in [2.24, 2.45) is 0 Å². The van der Waals surface area contributed by atoms with Gasteiger partial charge in [0.2, 0.25) is 0 Å². The van der Waals surface area contributed by atoms with Gasteiger partial charge in [-0.1, -0.05) is 29.8 Å². The number of hydrogen-bond acceptors (Lipinski definition) is 1. The quantitative estimate of drug-likeness (QED) is 0.471. The van der Waals surface area contributed by atoms with Gasteiger partial charge in [0.05, 0.1) is 17.0 Å². The summed E-state index contributed by atoms with van der Waals surface area (Å²) in [5.74, 6) is 0.237. The zero-order valence-electron chi connectivity index (χ0n) is 10.7. The molecule has 1 nitrogen and oxygen atoms in total. The van der Waals surface area contributed by atoms with Crippen molar-refractivity contribution in [3.63, 3.8) is 0 Å². The third-order valence-corrected chi connectivity index (χ3v) is 4.47. The smallest absolute Gasteiger partial charge is 0.129 e. The Bertz CT molecular complexity index is 619. The first-order chi connectivity index (χ1) is 9.54. The maximum atomic E-state index is 14.1. The number of alkyl halides is 1. The summed E-state index contributed by atoms with van der Waals surface area (Å²) in [7, 11) is 0. The molecule has 2 rings (SSSR count). The van der Waals surface area contributed by atoms with Crippen molar-refractivity contribution in [2.45, 2.75) is 12.3 Å². The number of rotatable bonds is 4. The molecule has 0 aromatic heterocycles. The van der Waals surface area contributed by atoms with Crippen LogP contribution >= 0.6 is 39.1 Å². The molecule has 0 radical (unpaired) electrons. The fourth-order valence-corrected chi connectivity index (χ4v) is 2.71. The van der Waals surface area contributed by atoms with Crippen LogP contribution in [0.25, 0.3) is 0 Å². The van der Waals surface area contributed by atoms with E-state index in [0.29, 0.717) is 33.0 Å². The molecule has 0 bridgehead atoms. The van der Waals surface area contributed by atoms with Gasteiger partial charge in [-0.25, -0.2) is 4.39 Å². The summed E-state index contributed by atoms with van der Waals surface area (Å²) in [4.78, 5) is 0. The monoisotopic (exact) mass is 376 g/mol. The molecule has 0 fully saturated rings. The topological polar surface area (TPSA) is 9.23 Å². The highest BCUT2D eigenvalue weighted by Crippen LogP contribution is 2.38. The molecule has 0 N–H and O–H groups in total. The molecule has 0 heterocycles. The summed E-state index contributed by atoms with van der Waals surface area (Å²) in [5.41, 5.74) is 1.04.